The highest BCUT2D eigenvalue weighted by atomic mass is 35.5. The fraction of sp³-hybridized carbons (Fsp3) is 0.250. The van der Waals surface area contributed by atoms with Gasteiger partial charge in [0.1, 0.15) is 11.6 Å². The molecule has 3 rings (SSSR count). The van der Waals surface area contributed by atoms with E-state index in [9.17, 15) is 9.18 Å². The minimum Gasteiger partial charge on any atom is -0.319 e. The first-order chi connectivity index (χ1) is 9.13. The van der Waals surface area contributed by atoms with Crippen molar-refractivity contribution in [1.29, 1.82) is 0 Å². The summed E-state index contributed by atoms with van der Waals surface area (Å²) in [6, 6.07) is 3.95. The topological polar surface area (TPSA) is 70.7 Å². The summed E-state index contributed by atoms with van der Waals surface area (Å²) in [6.45, 7) is 0. The van der Waals surface area contributed by atoms with Crippen molar-refractivity contribution in [2.75, 3.05) is 5.32 Å². The molecule has 0 saturated heterocycles. The number of hydrogen-bond donors (Lipinski definition) is 2. The minimum atomic E-state index is -0.534. The molecule has 1 aliphatic rings. The minimum absolute atomic E-state index is 0.0496. The Kier molecular flexibility index (Phi) is 2.94. The SMILES string of the molecule is O=C(Nc1ccc(F)c(Cl)c1)c1n[nH]c(C2CC2)n1. The highest BCUT2D eigenvalue weighted by Gasteiger charge is 2.28. The van der Waals surface area contributed by atoms with Crippen LogP contribution in [0.1, 0.15) is 35.2 Å². The van der Waals surface area contributed by atoms with E-state index in [-0.39, 0.29) is 10.8 Å². The van der Waals surface area contributed by atoms with E-state index in [4.69, 9.17) is 11.6 Å². The Morgan fingerprint density at radius 2 is 2.26 bits per heavy atom. The smallest absolute Gasteiger partial charge is 0.295 e. The second kappa shape index (κ2) is 4.62. The summed E-state index contributed by atoms with van der Waals surface area (Å²) in [5, 5.41) is 9.12. The van der Waals surface area contributed by atoms with Crippen molar-refractivity contribution < 1.29 is 9.18 Å². The van der Waals surface area contributed by atoms with Gasteiger partial charge in [0.05, 0.1) is 5.02 Å². The lowest BCUT2D eigenvalue weighted by Crippen LogP contribution is -2.13. The summed E-state index contributed by atoms with van der Waals surface area (Å²) in [5.41, 5.74) is 0.397. The molecule has 19 heavy (non-hydrogen) atoms. The number of carbonyl (C=O) groups excluding carboxylic acids is 1. The van der Waals surface area contributed by atoms with Crippen LogP contribution in [0.2, 0.25) is 5.02 Å². The van der Waals surface area contributed by atoms with Crippen LogP contribution < -0.4 is 5.32 Å². The molecule has 0 radical (unpaired) electrons. The number of aromatic nitrogens is 3. The van der Waals surface area contributed by atoms with E-state index in [1.807, 2.05) is 0 Å². The van der Waals surface area contributed by atoms with Crippen LogP contribution >= 0.6 is 11.6 Å². The molecule has 0 unspecified atom stereocenters. The zero-order valence-corrected chi connectivity index (χ0v) is 10.5. The summed E-state index contributed by atoms with van der Waals surface area (Å²) < 4.78 is 13.0. The van der Waals surface area contributed by atoms with Crippen LogP contribution in [0.25, 0.3) is 0 Å². The molecule has 0 bridgehead atoms. The fourth-order valence-corrected chi connectivity index (χ4v) is 1.86. The Balaban J connectivity index is 1.74. The number of rotatable bonds is 3. The Hall–Kier alpha value is -1.95. The molecule has 1 amide bonds. The predicted molar refractivity (Wildman–Crippen MR) is 67.7 cm³/mol. The van der Waals surface area contributed by atoms with Gasteiger partial charge in [0.2, 0.25) is 5.82 Å². The number of H-pyrrole nitrogens is 1. The molecule has 1 saturated carbocycles. The normalized spacial score (nSPS) is 14.4. The van der Waals surface area contributed by atoms with Crippen molar-refractivity contribution in [3.8, 4) is 0 Å². The molecule has 1 aromatic heterocycles. The second-order valence-electron chi connectivity index (χ2n) is 4.40. The Morgan fingerprint density at radius 3 is 2.95 bits per heavy atom. The molecular formula is C12H10ClFN4O. The number of nitrogens with one attached hydrogen (secondary N) is 2. The molecule has 1 aliphatic carbocycles. The number of hydrogen-bond acceptors (Lipinski definition) is 3. The van der Waals surface area contributed by atoms with Gasteiger partial charge in [-0.3, -0.25) is 9.89 Å². The molecule has 1 heterocycles. The molecule has 0 spiro atoms. The molecule has 98 valence electrons. The number of halogens is 2. The van der Waals surface area contributed by atoms with E-state index in [1.54, 1.807) is 0 Å². The molecule has 0 atom stereocenters. The van der Waals surface area contributed by atoms with E-state index in [2.05, 4.69) is 20.5 Å². The van der Waals surface area contributed by atoms with Crippen molar-refractivity contribution in [3.05, 3.63) is 40.7 Å². The van der Waals surface area contributed by atoms with Gasteiger partial charge in [-0.1, -0.05) is 11.6 Å². The van der Waals surface area contributed by atoms with Crippen LogP contribution in [-0.4, -0.2) is 21.1 Å². The summed E-state index contributed by atoms with van der Waals surface area (Å²) in [6.07, 6.45) is 2.15. The molecule has 2 aromatic rings. The van der Waals surface area contributed by atoms with Gasteiger partial charge in [-0.25, -0.2) is 9.37 Å². The third-order valence-electron chi connectivity index (χ3n) is 2.85. The third-order valence-corrected chi connectivity index (χ3v) is 3.14. The summed E-state index contributed by atoms with van der Waals surface area (Å²) >= 11 is 5.63. The largest absolute Gasteiger partial charge is 0.319 e. The first-order valence-corrected chi connectivity index (χ1v) is 6.20. The fourth-order valence-electron chi connectivity index (χ4n) is 1.68. The first-order valence-electron chi connectivity index (χ1n) is 5.82. The molecule has 5 nitrogen and oxygen atoms in total. The highest BCUT2D eigenvalue weighted by Crippen LogP contribution is 2.37. The van der Waals surface area contributed by atoms with Crippen LogP contribution in [0.3, 0.4) is 0 Å². The van der Waals surface area contributed by atoms with Gasteiger partial charge in [0.25, 0.3) is 5.91 Å². The van der Waals surface area contributed by atoms with Crippen molar-refractivity contribution in [1.82, 2.24) is 15.2 Å². The van der Waals surface area contributed by atoms with Crippen molar-refractivity contribution in [2.45, 2.75) is 18.8 Å². The monoisotopic (exact) mass is 280 g/mol. The van der Waals surface area contributed by atoms with Crippen LogP contribution in [0.15, 0.2) is 18.2 Å². The van der Waals surface area contributed by atoms with E-state index in [0.717, 1.165) is 18.7 Å². The number of nitrogens with zero attached hydrogens (tertiary/aromatic N) is 2. The Labute approximate surface area is 113 Å². The van der Waals surface area contributed by atoms with E-state index < -0.39 is 11.7 Å². The first kappa shape index (κ1) is 12.1. The zero-order chi connectivity index (χ0) is 13.4. The van der Waals surface area contributed by atoms with Crippen LogP contribution in [0.5, 0.6) is 0 Å². The number of amides is 1. The van der Waals surface area contributed by atoms with E-state index in [1.165, 1.54) is 18.2 Å². The van der Waals surface area contributed by atoms with E-state index >= 15 is 0 Å². The van der Waals surface area contributed by atoms with Gasteiger partial charge in [-0.05, 0) is 31.0 Å². The van der Waals surface area contributed by atoms with Gasteiger partial charge in [0, 0.05) is 11.6 Å². The summed E-state index contributed by atoms with van der Waals surface area (Å²) in [5.74, 6) is 0.221. The van der Waals surface area contributed by atoms with E-state index in [0.29, 0.717) is 11.6 Å². The average Bonchev–Trinajstić information content (AvgIpc) is 3.11. The standard InChI is InChI=1S/C12H10ClFN4O/c13-8-5-7(3-4-9(8)14)15-12(19)11-16-10(17-18-11)6-1-2-6/h3-6H,1-2H2,(H,15,19)(H,16,17,18). The number of carbonyl (C=O) groups is 1. The summed E-state index contributed by atoms with van der Waals surface area (Å²) in [4.78, 5) is 16.0. The number of benzene rings is 1. The Bertz CT molecular complexity index is 638. The lowest BCUT2D eigenvalue weighted by molar-refractivity contribution is 0.101. The van der Waals surface area contributed by atoms with Crippen LogP contribution in [0, 0.1) is 5.82 Å². The Morgan fingerprint density at radius 1 is 1.47 bits per heavy atom. The molecule has 0 aliphatic heterocycles. The molecule has 1 fully saturated rings. The van der Waals surface area contributed by atoms with Crippen molar-refractivity contribution in [2.24, 2.45) is 0 Å². The van der Waals surface area contributed by atoms with Crippen LogP contribution in [-0.2, 0) is 0 Å². The maximum atomic E-state index is 13.0. The summed E-state index contributed by atoms with van der Waals surface area (Å²) in [7, 11) is 0. The zero-order valence-electron chi connectivity index (χ0n) is 9.78. The lowest BCUT2D eigenvalue weighted by Gasteiger charge is -2.03. The molecule has 2 N–H and O–H groups in total. The quantitative estimate of drug-likeness (QED) is 0.908. The lowest BCUT2D eigenvalue weighted by atomic mass is 10.3. The average molecular weight is 281 g/mol. The number of aromatic amines is 1. The van der Waals surface area contributed by atoms with Gasteiger partial charge >= 0.3 is 0 Å². The van der Waals surface area contributed by atoms with Crippen molar-refractivity contribution in [3.63, 3.8) is 0 Å². The third kappa shape index (κ3) is 2.58. The molecule has 1 aromatic carbocycles. The van der Waals surface area contributed by atoms with Crippen molar-refractivity contribution >= 4 is 23.2 Å². The van der Waals surface area contributed by atoms with Gasteiger partial charge < -0.3 is 5.32 Å². The second-order valence-corrected chi connectivity index (χ2v) is 4.81. The molecule has 7 heteroatoms. The van der Waals surface area contributed by atoms with Gasteiger partial charge in [0.15, 0.2) is 0 Å². The predicted octanol–water partition coefficient (Wildman–Crippen LogP) is 2.73. The molecular weight excluding hydrogens is 271 g/mol. The maximum absolute atomic E-state index is 13.0. The highest BCUT2D eigenvalue weighted by molar-refractivity contribution is 6.31. The van der Waals surface area contributed by atoms with Crippen LogP contribution in [0.4, 0.5) is 10.1 Å². The van der Waals surface area contributed by atoms with Gasteiger partial charge in [-0.15, -0.1) is 5.10 Å². The number of anilines is 1. The maximum Gasteiger partial charge on any atom is 0.295 e. The van der Waals surface area contributed by atoms with Gasteiger partial charge in [-0.2, -0.15) is 0 Å².